The minimum Gasteiger partial charge on any atom is -0.497 e. The van der Waals surface area contributed by atoms with Crippen molar-refractivity contribution in [1.82, 2.24) is 20.1 Å². The van der Waals surface area contributed by atoms with E-state index < -0.39 is 11.8 Å². The van der Waals surface area contributed by atoms with Crippen molar-refractivity contribution >= 4 is 17.7 Å². The molecule has 1 N–H and O–H groups in total. The van der Waals surface area contributed by atoms with Gasteiger partial charge in [0.1, 0.15) is 17.5 Å². The van der Waals surface area contributed by atoms with Crippen molar-refractivity contribution in [2.75, 3.05) is 26.8 Å². The number of likely N-dealkylation sites (tertiary alicyclic amines) is 1. The number of aryl methyl sites for hydroxylation is 1. The molecule has 0 aliphatic carbocycles. The van der Waals surface area contributed by atoms with E-state index in [2.05, 4.69) is 10.3 Å². The highest BCUT2D eigenvalue weighted by Crippen LogP contribution is 2.39. The zero-order valence-corrected chi connectivity index (χ0v) is 22.1. The summed E-state index contributed by atoms with van der Waals surface area (Å²) in [6, 6.07) is 19.0. The predicted molar refractivity (Wildman–Crippen MR) is 144 cm³/mol. The summed E-state index contributed by atoms with van der Waals surface area (Å²) in [6.45, 7) is 3.08. The van der Waals surface area contributed by atoms with Crippen LogP contribution in [0.15, 0.2) is 72.9 Å². The van der Waals surface area contributed by atoms with Crippen LogP contribution in [0.3, 0.4) is 0 Å². The van der Waals surface area contributed by atoms with Crippen LogP contribution >= 0.6 is 0 Å². The Labute approximate surface area is 227 Å². The van der Waals surface area contributed by atoms with Gasteiger partial charge in [0.15, 0.2) is 0 Å². The van der Waals surface area contributed by atoms with Gasteiger partial charge in [0, 0.05) is 43.3 Å². The number of rotatable bonds is 6. The van der Waals surface area contributed by atoms with E-state index in [9.17, 15) is 14.4 Å². The molecule has 39 heavy (non-hydrogen) atoms. The van der Waals surface area contributed by atoms with Gasteiger partial charge in [-0.1, -0.05) is 23.8 Å². The van der Waals surface area contributed by atoms with Gasteiger partial charge < -0.3 is 19.7 Å². The van der Waals surface area contributed by atoms with Gasteiger partial charge in [-0.3, -0.25) is 24.3 Å². The number of carbonyl (C=O) groups is 3. The summed E-state index contributed by atoms with van der Waals surface area (Å²) in [5.41, 5.74) is 1.81. The lowest BCUT2D eigenvalue weighted by Crippen LogP contribution is -2.59. The average Bonchev–Trinajstić information content (AvgIpc) is 3.34. The Morgan fingerprint density at radius 3 is 2.44 bits per heavy atom. The maximum absolute atomic E-state index is 13.9. The summed E-state index contributed by atoms with van der Waals surface area (Å²) >= 11 is 0. The first-order chi connectivity index (χ1) is 18.9. The number of ether oxygens (including phenoxy) is 2. The average molecular weight is 529 g/mol. The molecule has 2 aliphatic rings. The normalized spacial score (nSPS) is 18.2. The monoisotopic (exact) mass is 528 g/mol. The van der Waals surface area contributed by atoms with E-state index in [0.29, 0.717) is 42.8 Å². The zero-order valence-electron chi connectivity index (χ0n) is 22.1. The molecule has 2 fully saturated rings. The molecule has 0 saturated carbocycles. The summed E-state index contributed by atoms with van der Waals surface area (Å²) in [5.74, 6) is -0.0277. The molecule has 1 spiro atoms. The van der Waals surface area contributed by atoms with E-state index in [1.807, 2.05) is 49.4 Å². The lowest BCUT2D eigenvalue weighted by Gasteiger charge is -2.44. The third kappa shape index (κ3) is 5.49. The molecule has 0 radical (unpaired) electrons. The highest BCUT2D eigenvalue weighted by Gasteiger charge is 2.54. The predicted octanol–water partition coefficient (Wildman–Crippen LogP) is 3.19. The Kier molecular flexibility index (Phi) is 7.60. The first-order valence-corrected chi connectivity index (χ1v) is 13.1. The standard InChI is InChI=1S/C30H32N4O5/c1-21-6-5-7-23(18-21)28(36)33-16-13-30(14-17-33)34(29(37)22-9-11-25(38-2)12-10-22)26(20-39-30)27(35)32-19-24-8-3-4-15-31-24/h3-12,15,18,26H,13-14,16-17,19-20H2,1-2H3,(H,32,35)/t26-/m0/s1. The second-order valence-electron chi connectivity index (χ2n) is 9.88. The largest absolute Gasteiger partial charge is 0.497 e. The molecule has 9 heteroatoms. The zero-order chi connectivity index (χ0) is 27.4. The molecule has 1 atom stereocenters. The molecule has 3 aromatic rings. The fourth-order valence-electron chi connectivity index (χ4n) is 5.26. The molecule has 9 nitrogen and oxygen atoms in total. The van der Waals surface area contributed by atoms with Crippen LogP contribution in [0.4, 0.5) is 0 Å². The molecule has 5 rings (SSSR count). The molecule has 2 saturated heterocycles. The third-order valence-electron chi connectivity index (χ3n) is 7.39. The second kappa shape index (κ2) is 11.2. The maximum atomic E-state index is 13.9. The lowest BCUT2D eigenvalue weighted by molar-refractivity contribution is -0.128. The van der Waals surface area contributed by atoms with E-state index in [1.54, 1.807) is 47.4 Å². The fraction of sp³-hybridized carbons (Fsp3) is 0.333. The number of hydrogen-bond donors (Lipinski definition) is 1. The van der Waals surface area contributed by atoms with E-state index >= 15 is 0 Å². The molecule has 202 valence electrons. The molecule has 3 amide bonds. The molecule has 0 bridgehead atoms. The Morgan fingerprint density at radius 1 is 1.00 bits per heavy atom. The fourth-order valence-corrected chi connectivity index (χ4v) is 5.26. The van der Waals surface area contributed by atoms with Crippen LogP contribution in [-0.2, 0) is 16.1 Å². The van der Waals surface area contributed by atoms with Crippen LogP contribution in [0.5, 0.6) is 5.75 Å². The minimum absolute atomic E-state index is 0.0516. The summed E-state index contributed by atoms with van der Waals surface area (Å²) in [7, 11) is 1.56. The summed E-state index contributed by atoms with van der Waals surface area (Å²) in [4.78, 5) is 48.1. The smallest absolute Gasteiger partial charge is 0.256 e. The van der Waals surface area contributed by atoms with Crippen molar-refractivity contribution in [3.05, 3.63) is 95.3 Å². The lowest BCUT2D eigenvalue weighted by atomic mass is 9.96. The molecule has 1 aromatic heterocycles. The number of amides is 3. The number of benzene rings is 2. The Morgan fingerprint density at radius 2 is 1.77 bits per heavy atom. The van der Waals surface area contributed by atoms with Crippen molar-refractivity contribution in [1.29, 1.82) is 0 Å². The highest BCUT2D eigenvalue weighted by molar-refractivity contribution is 5.99. The van der Waals surface area contributed by atoms with Crippen molar-refractivity contribution < 1.29 is 23.9 Å². The minimum atomic E-state index is -0.993. The molecule has 3 heterocycles. The molecule has 0 unspecified atom stereocenters. The van der Waals surface area contributed by atoms with Crippen molar-refractivity contribution in [3.63, 3.8) is 0 Å². The van der Waals surface area contributed by atoms with E-state index in [-0.39, 0.29) is 30.9 Å². The summed E-state index contributed by atoms with van der Waals surface area (Å²) in [6.07, 6.45) is 2.47. The third-order valence-corrected chi connectivity index (χ3v) is 7.39. The van der Waals surface area contributed by atoms with Gasteiger partial charge in [-0.25, -0.2) is 0 Å². The molecule has 2 aromatic carbocycles. The van der Waals surface area contributed by atoms with Crippen molar-refractivity contribution in [2.45, 2.75) is 38.1 Å². The molecular formula is C30H32N4O5. The number of carbonyl (C=O) groups excluding carboxylic acids is 3. The highest BCUT2D eigenvalue weighted by atomic mass is 16.5. The number of methoxy groups -OCH3 is 1. The first-order valence-electron chi connectivity index (χ1n) is 13.1. The van der Waals surface area contributed by atoms with E-state index in [4.69, 9.17) is 9.47 Å². The van der Waals surface area contributed by atoms with Gasteiger partial charge in [-0.05, 0) is 55.5 Å². The van der Waals surface area contributed by atoms with Gasteiger partial charge in [-0.15, -0.1) is 0 Å². The van der Waals surface area contributed by atoms with Crippen LogP contribution in [0, 0.1) is 6.92 Å². The number of hydrogen-bond acceptors (Lipinski definition) is 6. The summed E-state index contributed by atoms with van der Waals surface area (Å²) in [5, 5.41) is 2.91. The van der Waals surface area contributed by atoms with Crippen molar-refractivity contribution in [3.8, 4) is 5.75 Å². The Hall–Kier alpha value is -4.24. The van der Waals surface area contributed by atoms with Crippen LogP contribution in [0.25, 0.3) is 0 Å². The number of nitrogens with one attached hydrogen (secondary N) is 1. The van der Waals surface area contributed by atoms with Crippen LogP contribution < -0.4 is 10.1 Å². The number of piperidine rings is 1. The number of pyridine rings is 1. The van der Waals surface area contributed by atoms with Crippen LogP contribution in [0.2, 0.25) is 0 Å². The second-order valence-corrected chi connectivity index (χ2v) is 9.88. The van der Waals surface area contributed by atoms with Gasteiger partial charge in [-0.2, -0.15) is 0 Å². The van der Waals surface area contributed by atoms with Gasteiger partial charge in [0.05, 0.1) is 26.0 Å². The maximum Gasteiger partial charge on any atom is 0.256 e. The van der Waals surface area contributed by atoms with E-state index in [0.717, 1.165) is 11.3 Å². The number of nitrogens with zero attached hydrogens (tertiary/aromatic N) is 3. The quantitative estimate of drug-likeness (QED) is 0.528. The first kappa shape index (κ1) is 26.4. The van der Waals surface area contributed by atoms with Crippen LogP contribution in [-0.4, -0.2) is 71.1 Å². The topological polar surface area (TPSA) is 101 Å². The molecule has 2 aliphatic heterocycles. The SMILES string of the molecule is COc1ccc(C(=O)N2[C@H](C(=O)NCc3ccccn3)COC23CCN(C(=O)c2cccc(C)c2)CC3)cc1. The summed E-state index contributed by atoms with van der Waals surface area (Å²) < 4.78 is 11.5. The van der Waals surface area contributed by atoms with Gasteiger partial charge in [0.2, 0.25) is 5.91 Å². The Bertz CT molecular complexity index is 1340. The van der Waals surface area contributed by atoms with E-state index in [1.165, 1.54) is 0 Å². The van der Waals surface area contributed by atoms with Gasteiger partial charge in [0.25, 0.3) is 11.8 Å². The molecular weight excluding hydrogens is 496 g/mol. The number of aromatic nitrogens is 1. The van der Waals surface area contributed by atoms with Gasteiger partial charge >= 0.3 is 0 Å². The van der Waals surface area contributed by atoms with Crippen LogP contribution in [0.1, 0.15) is 44.8 Å². The van der Waals surface area contributed by atoms with Crippen molar-refractivity contribution in [2.24, 2.45) is 0 Å². The Balaban J connectivity index is 1.36.